The molecule has 5 nitrogen and oxygen atoms in total. The monoisotopic (exact) mass is 366 g/mol. The lowest BCUT2D eigenvalue weighted by Gasteiger charge is -2.28. The molecule has 0 bridgehead atoms. The maximum atomic E-state index is 12.6. The minimum absolute atomic E-state index is 0.0519. The standard InChI is InChI=1S/C22H26N2O3/c1-16(19-8-9-19)24(13-17-5-3-2-4-6-17)14-22(25)23-12-18-7-10-20-21(11-18)27-15-26-20/h2-7,10-11,16,19H,8-9,12-15H2,1H3,(H,23,25). The van der Waals surface area contributed by atoms with Crippen molar-refractivity contribution in [1.82, 2.24) is 10.2 Å². The Hall–Kier alpha value is -2.53. The zero-order valence-corrected chi connectivity index (χ0v) is 15.7. The van der Waals surface area contributed by atoms with Crippen LogP contribution in [0.2, 0.25) is 0 Å². The number of fused-ring (bicyclic) bond motifs is 1. The molecule has 1 unspecified atom stereocenters. The summed E-state index contributed by atoms with van der Waals surface area (Å²) in [5.41, 5.74) is 2.26. The molecule has 1 aliphatic carbocycles. The van der Waals surface area contributed by atoms with Gasteiger partial charge in [-0.05, 0) is 48.9 Å². The Labute approximate surface area is 160 Å². The molecule has 1 amide bonds. The first-order valence-corrected chi connectivity index (χ1v) is 9.62. The molecule has 1 fully saturated rings. The largest absolute Gasteiger partial charge is 0.454 e. The second kappa shape index (κ2) is 8.01. The molecule has 1 saturated carbocycles. The summed E-state index contributed by atoms with van der Waals surface area (Å²) in [4.78, 5) is 14.9. The topological polar surface area (TPSA) is 50.8 Å². The van der Waals surface area contributed by atoms with Crippen molar-refractivity contribution in [3.8, 4) is 11.5 Å². The number of nitrogens with one attached hydrogen (secondary N) is 1. The van der Waals surface area contributed by atoms with E-state index in [1.54, 1.807) is 0 Å². The Bertz CT molecular complexity index is 789. The fraction of sp³-hybridized carbons (Fsp3) is 0.409. The molecule has 27 heavy (non-hydrogen) atoms. The molecule has 0 radical (unpaired) electrons. The Balaban J connectivity index is 1.34. The van der Waals surface area contributed by atoms with E-state index in [-0.39, 0.29) is 12.7 Å². The molecule has 2 aromatic carbocycles. The van der Waals surface area contributed by atoms with E-state index in [0.29, 0.717) is 19.1 Å². The predicted molar refractivity (Wildman–Crippen MR) is 103 cm³/mol. The molecule has 4 rings (SSSR count). The number of nitrogens with zero attached hydrogens (tertiary/aromatic N) is 1. The van der Waals surface area contributed by atoms with Gasteiger partial charge in [0.15, 0.2) is 11.5 Å². The van der Waals surface area contributed by atoms with Crippen LogP contribution in [0.5, 0.6) is 11.5 Å². The van der Waals surface area contributed by atoms with Gasteiger partial charge in [0.05, 0.1) is 6.54 Å². The fourth-order valence-electron chi connectivity index (χ4n) is 3.53. The van der Waals surface area contributed by atoms with Crippen LogP contribution in [0, 0.1) is 5.92 Å². The second-order valence-electron chi connectivity index (χ2n) is 7.43. The first kappa shape index (κ1) is 17.9. The Morgan fingerprint density at radius 2 is 1.89 bits per heavy atom. The van der Waals surface area contributed by atoms with Gasteiger partial charge in [0.1, 0.15) is 0 Å². The molecule has 1 aliphatic heterocycles. The molecule has 5 heteroatoms. The maximum Gasteiger partial charge on any atom is 0.234 e. The van der Waals surface area contributed by atoms with Gasteiger partial charge >= 0.3 is 0 Å². The number of carbonyl (C=O) groups is 1. The van der Waals surface area contributed by atoms with Crippen molar-refractivity contribution in [2.24, 2.45) is 5.92 Å². The summed E-state index contributed by atoms with van der Waals surface area (Å²) >= 11 is 0. The van der Waals surface area contributed by atoms with Crippen molar-refractivity contribution in [2.45, 2.75) is 38.9 Å². The van der Waals surface area contributed by atoms with Gasteiger partial charge in [0, 0.05) is 19.1 Å². The van der Waals surface area contributed by atoms with Gasteiger partial charge in [-0.15, -0.1) is 0 Å². The summed E-state index contributed by atoms with van der Waals surface area (Å²) in [6.07, 6.45) is 2.54. The van der Waals surface area contributed by atoms with Crippen LogP contribution in [0.3, 0.4) is 0 Å². The number of carbonyl (C=O) groups excluding carboxylic acids is 1. The van der Waals surface area contributed by atoms with Crippen molar-refractivity contribution in [2.75, 3.05) is 13.3 Å². The predicted octanol–water partition coefficient (Wildman–Crippen LogP) is 3.33. The molecule has 1 N–H and O–H groups in total. The Morgan fingerprint density at radius 3 is 2.67 bits per heavy atom. The first-order valence-electron chi connectivity index (χ1n) is 9.62. The highest BCUT2D eigenvalue weighted by Gasteiger charge is 2.32. The minimum atomic E-state index is 0.0519. The van der Waals surface area contributed by atoms with Gasteiger partial charge in [0.2, 0.25) is 12.7 Å². The van der Waals surface area contributed by atoms with E-state index in [9.17, 15) is 4.79 Å². The normalized spacial score (nSPS) is 16.4. The average molecular weight is 366 g/mol. The summed E-state index contributed by atoms with van der Waals surface area (Å²) < 4.78 is 10.7. The van der Waals surface area contributed by atoms with Crippen molar-refractivity contribution in [3.63, 3.8) is 0 Å². The molecule has 2 aliphatic rings. The highest BCUT2D eigenvalue weighted by Crippen LogP contribution is 2.35. The van der Waals surface area contributed by atoms with Gasteiger partial charge in [-0.1, -0.05) is 36.4 Å². The molecule has 0 saturated heterocycles. The zero-order chi connectivity index (χ0) is 18.6. The highest BCUT2D eigenvalue weighted by atomic mass is 16.7. The van der Waals surface area contributed by atoms with Gasteiger partial charge in [0.25, 0.3) is 0 Å². The number of amides is 1. The zero-order valence-electron chi connectivity index (χ0n) is 15.7. The van der Waals surface area contributed by atoms with Crippen LogP contribution in [0.15, 0.2) is 48.5 Å². The SMILES string of the molecule is CC(C1CC1)N(CC(=O)NCc1ccc2c(c1)OCO2)Cc1ccccc1. The third-order valence-electron chi connectivity index (χ3n) is 5.38. The summed E-state index contributed by atoms with van der Waals surface area (Å²) in [5, 5.41) is 3.04. The van der Waals surface area contributed by atoms with Crippen LogP contribution in [-0.4, -0.2) is 30.2 Å². The highest BCUT2D eigenvalue weighted by molar-refractivity contribution is 5.78. The summed E-state index contributed by atoms with van der Waals surface area (Å²) in [6.45, 7) is 4.21. The van der Waals surface area contributed by atoms with Crippen LogP contribution in [0.25, 0.3) is 0 Å². The van der Waals surface area contributed by atoms with Crippen molar-refractivity contribution in [3.05, 3.63) is 59.7 Å². The fourth-order valence-corrected chi connectivity index (χ4v) is 3.53. The van der Waals surface area contributed by atoms with Crippen LogP contribution >= 0.6 is 0 Å². The Morgan fingerprint density at radius 1 is 1.11 bits per heavy atom. The molecule has 2 aromatic rings. The molecule has 1 atom stereocenters. The van der Waals surface area contributed by atoms with Crippen molar-refractivity contribution in [1.29, 1.82) is 0 Å². The molecule has 0 spiro atoms. The molecular formula is C22H26N2O3. The first-order chi connectivity index (χ1) is 13.2. The van der Waals surface area contributed by atoms with E-state index >= 15 is 0 Å². The van der Waals surface area contributed by atoms with Crippen LogP contribution in [0.1, 0.15) is 30.9 Å². The summed E-state index contributed by atoms with van der Waals surface area (Å²) in [6, 6.07) is 16.6. The smallest absolute Gasteiger partial charge is 0.234 e. The molecule has 142 valence electrons. The van der Waals surface area contributed by atoms with E-state index in [1.807, 2.05) is 24.3 Å². The van der Waals surface area contributed by atoms with E-state index in [1.165, 1.54) is 18.4 Å². The van der Waals surface area contributed by atoms with Crippen LogP contribution in [0.4, 0.5) is 0 Å². The lowest BCUT2D eigenvalue weighted by atomic mass is 10.1. The Kier molecular flexibility index (Phi) is 5.30. The molecule has 1 heterocycles. The third-order valence-corrected chi connectivity index (χ3v) is 5.38. The van der Waals surface area contributed by atoms with Gasteiger partial charge in [-0.2, -0.15) is 0 Å². The van der Waals surface area contributed by atoms with E-state index < -0.39 is 0 Å². The van der Waals surface area contributed by atoms with Gasteiger partial charge < -0.3 is 14.8 Å². The van der Waals surface area contributed by atoms with Gasteiger partial charge in [-0.25, -0.2) is 0 Å². The quantitative estimate of drug-likeness (QED) is 0.779. The van der Waals surface area contributed by atoms with Crippen molar-refractivity contribution >= 4 is 5.91 Å². The number of hydrogen-bond acceptors (Lipinski definition) is 4. The average Bonchev–Trinajstić information content (AvgIpc) is 3.43. The number of benzene rings is 2. The maximum absolute atomic E-state index is 12.6. The third kappa shape index (κ3) is 4.61. The number of ether oxygens (including phenoxy) is 2. The van der Waals surface area contributed by atoms with Crippen LogP contribution < -0.4 is 14.8 Å². The summed E-state index contributed by atoms with van der Waals surface area (Å²) in [7, 11) is 0. The molecular weight excluding hydrogens is 340 g/mol. The lowest BCUT2D eigenvalue weighted by Crippen LogP contribution is -2.42. The van der Waals surface area contributed by atoms with E-state index in [4.69, 9.17) is 9.47 Å². The van der Waals surface area contributed by atoms with E-state index in [0.717, 1.165) is 29.5 Å². The number of rotatable bonds is 8. The second-order valence-corrected chi connectivity index (χ2v) is 7.43. The molecule has 0 aromatic heterocycles. The lowest BCUT2D eigenvalue weighted by molar-refractivity contribution is -0.123. The number of hydrogen-bond donors (Lipinski definition) is 1. The van der Waals surface area contributed by atoms with E-state index in [2.05, 4.69) is 41.4 Å². The van der Waals surface area contributed by atoms with Crippen LogP contribution in [-0.2, 0) is 17.9 Å². The minimum Gasteiger partial charge on any atom is -0.454 e. The van der Waals surface area contributed by atoms with Gasteiger partial charge in [-0.3, -0.25) is 9.69 Å². The van der Waals surface area contributed by atoms with Crippen molar-refractivity contribution < 1.29 is 14.3 Å². The summed E-state index contributed by atoms with van der Waals surface area (Å²) in [5.74, 6) is 2.28.